The zero-order valence-electron chi connectivity index (χ0n) is 11.4. The van der Waals surface area contributed by atoms with Gasteiger partial charge in [-0.2, -0.15) is 0 Å². The smallest absolute Gasteiger partial charge is 0.331 e. The number of benzene rings is 1. The second kappa shape index (κ2) is 5.26. The maximum Gasteiger partial charge on any atom is 0.331 e. The molecule has 0 atom stereocenters. The first kappa shape index (κ1) is 13.3. The summed E-state index contributed by atoms with van der Waals surface area (Å²) in [5.74, 6) is -0.475. The standard InChI is InChI=1S/C15H17NO3/c1-4-19-14(17)7-11-8-16-15(18)13-6-10(3)9(2)5-12(11)13/h5-7H,4,8H2,1-3H3,(H,16,18)/b11-7+. The minimum absolute atomic E-state index is 0.0980. The van der Waals surface area contributed by atoms with Crippen LogP contribution in [0.4, 0.5) is 0 Å². The molecule has 100 valence electrons. The molecule has 1 aromatic carbocycles. The number of aryl methyl sites for hydroxylation is 2. The number of nitrogens with one attached hydrogen (secondary N) is 1. The van der Waals surface area contributed by atoms with Gasteiger partial charge in [-0.3, -0.25) is 4.79 Å². The number of hydrogen-bond donors (Lipinski definition) is 1. The Morgan fingerprint density at radius 3 is 2.58 bits per heavy atom. The van der Waals surface area contributed by atoms with E-state index in [1.807, 2.05) is 26.0 Å². The van der Waals surface area contributed by atoms with Gasteiger partial charge in [0, 0.05) is 18.2 Å². The molecule has 4 nitrogen and oxygen atoms in total. The quantitative estimate of drug-likeness (QED) is 0.653. The van der Waals surface area contributed by atoms with Gasteiger partial charge in [-0.1, -0.05) is 6.07 Å². The topological polar surface area (TPSA) is 55.4 Å². The van der Waals surface area contributed by atoms with Crippen LogP contribution in [0.2, 0.25) is 0 Å². The molecule has 0 unspecified atom stereocenters. The lowest BCUT2D eigenvalue weighted by Gasteiger charge is -2.21. The fraction of sp³-hybridized carbons (Fsp3) is 0.333. The molecule has 0 aliphatic carbocycles. The highest BCUT2D eigenvalue weighted by atomic mass is 16.5. The molecular weight excluding hydrogens is 242 g/mol. The summed E-state index contributed by atoms with van der Waals surface area (Å²) in [4.78, 5) is 23.4. The number of esters is 1. The van der Waals surface area contributed by atoms with Gasteiger partial charge < -0.3 is 10.1 Å². The van der Waals surface area contributed by atoms with E-state index < -0.39 is 0 Å². The van der Waals surface area contributed by atoms with Gasteiger partial charge in [-0.15, -0.1) is 0 Å². The number of rotatable bonds is 2. The van der Waals surface area contributed by atoms with Crippen molar-refractivity contribution < 1.29 is 14.3 Å². The molecule has 2 rings (SSSR count). The Hall–Kier alpha value is -2.10. The number of amides is 1. The van der Waals surface area contributed by atoms with Crippen molar-refractivity contribution in [2.75, 3.05) is 13.2 Å². The molecule has 0 bridgehead atoms. The third-order valence-electron chi connectivity index (χ3n) is 3.24. The summed E-state index contributed by atoms with van der Waals surface area (Å²) in [7, 11) is 0. The van der Waals surface area contributed by atoms with E-state index in [2.05, 4.69) is 5.32 Å². The summed E-state index contributed by atoms with van der Waals surface area (Å²) < 4.78 is 4.91. The first-order chi connectivity index (χ1) is 9.02. The molecule has 1 N–H and O–H groups in total. The molecule has 0 saturated carbocycles. The van der Waals surface area contributed by atoms with Gasteiger partial charge in [-0.25, -0.2) is 4.79 Å². The van der Waals surface area contributed by atoms with Crippen molar-refractivity contribution in [1.82, 2.24) is 5.32 Å². The SMILES string of the molecule is CCOC(=O)/C=C1\CNC(=O)c2cc(C)c(C)cc21. The van der Waals surface area contributed by atoms with Gasteiger partial charge in [0.2, 0.25) is 0 Å². The Morgan fingerprint density at radius 2 is 1.95 bits per heavy atom. The maximum atomic E-state index is 11.9. The first-order valence-corrected chi connectivity index (χ1v) is 6.30. The summed E-state index contributed by atoms with van der Waals surface area (Å²) in [6.45, 7) is 6.42. The normalized spacial score (nSPS) is 15.9. The van der Waals surface area contributed by atoms with Crippen LogP contribution in [-0.2, 0) is 9.53 Å². The molecule has 1 amide bonds. The van der Waals surface area contributed by atoms with Crippen molar-refractivity contribution in [3.8, 4) is 0 Å². The Bertz CT molecular complexity index is 573. The fourth-order valence-electron chi connectivity index (χ4n) is 2.09. The lowest BCUT2D eigenvalue weighted by Crippen LogP contribution is -2.31. The summed E-state index contributed by atoms with van der Waals surface area (Å²) in [6.07, 6.45) is 1.45. The van der Waals surface area contributed by atoms with Crippen LogP contribution in [0.5, 0.6) is 0 Å². The Kier molecular flexibility index (Phi) is 3.69. The van der Waals surface area contributed by atoms with Gasteiger partial charge in [0.1, 0.15) is 0 Å². The number of ether oxygens (including phenoxy) is 1. The minimum Gasteiger partial charge on any atom is -0.463 e. The van der Waals surface area contributed by atoms with Gasteiger partial charge in [0.15, 0.2) is 0 Å². The van der Waals surface area contributed by atoms with E-state index in [0.717, 1.165) is 22.3 Å². The molecule has 0 radical (unpaired) electrons. The van der Waals surface area contributed by atoms with E-state index in [4.69, 9.17) is 4.74 Å². The van der Waals surface area contributed by atoms with Crippen molar-refractivity contribution in [1.29, 1.82) is 0 Å². The molecule has 4 heteroatoms. The van der Waals surface area contributed by atoms with Crippen molar-refractivity contribution in [3.05, 3.63) is 40.5 Å². The van der Waals surface area contributed by atoms with Gasteiger partial charge >= 0.3 is 5.97 Å². The largest absolute Gasteiger partial charge is 0.463 e. The number of hydrogen-bond acceptors (Lipinski definition) is 3. The number of carbonyl (C=O) groups is 2. The van der Waals surface area contributed by atoms with Gasteiger partial charge in [0.25, 0.3) is 5.91 Å². The van der Waals surface area contributed by atoms with Crippen molar-refractivity contribution in [2.45, 2.75) is 20.8 Å². The first-order valence-electron chi connectivity index (χ1n) is 6.30. The Morgan fingerprint density at radius 1 is 1.32 bits per heavy atom. The molecular formula is C15H17NO3. The average Bonchev–Trinajstić information content (AvgIpc) is 2.36. The minimum atomic E-state index is -0.377. The van der Waals surface area contributed by atoms with Crippen LogP contribution >= 0.6 is 0 Å². The van der Waals surface area contributed by atoms with E-state index in [9.17, 15) is 9.59 Å². The van der Waals surface area contributed by atoms with E-state index in [-0.39, 0.29) is 11.9 Å². The molecule has 1 heterocycles. The summed E-state index contributed by atoms with van der Waals surface area (Å²) in [5, 5.41) is 2.77. The van der Waals surface area contributed by atoms with Crippen LogP contribution in [0.3, 0.4) is 0 Å². The molecule has 0 spiro atoms. The fourth-order valence-corrected chi connectivity index (χ4v) is 2.09. The van der Waals surface area contributed by atoms with E-state index in [0.29, 0.717) is 18.7 Å². The second-order valence-corrected chi connectivity index (χ2v) is 4.59. The van der Waals surface area contributed by atoms with Gasteiger partial charge in [0.05, 0.1) is 6.61 Å². The molecule has 0 fully saturated rings. The predicted octanol–water partition coefficient (Wildman–Crippen LogP) is 1.99. The van der Waals surface area contributed by atoms with Crippen LogP contribution in [0.1, 0.15) is 34.0 Å². The molecule has 1 aliphatic rings. The lowest BCUT2D eigenvalue weighted by atomic mass is 9.91. The average molecular weight is 259 g/mol. The zero-order chi connectivity index (χ0) is 14.0. The predicted molar refractivity (Wildman–Crippen MR) is 72.9 cm³/mol. The molecule has 0 aromatic heterocycles. The van der Waals surface area contributed by atoms with Crippen LogP contribution in [0.15, 0.2) is 18.2 Å². The van der Waals surface area contributed by atoms with Crippen LogP contribution in [0, 0.1) is 13.8 Å². The van der Waals surface area contributed by atoms with E-state index in [1.165, 1.54) is 6.08 Å². The van der Waals surface area contributed by atoms with Crippen LogP contribution in [0.25, 0.3) is 5.57 Å². The van der Waals surface area contributed by atoms with Gasteiger partial charge in [-0.05, 0) is 49.1 Å². The van der Waals surface area contributed by atoms with E-state index >= 15 is 0 Å². The van der Waals surface area contributed by atoms with Crippen molar-refractivity contribution in [2.24, 2.45) is 0 Å². The molecule has 1 aliphatic heterocycles. The highest BCUT2D eigenvalue weighted by Gasteiger charge is 2.22. The number of carbonyl (C=O) groups excluding carboxylic acids is 2. The zero-order valence-corrected chi connectivity index (χ0v) is 11.4. The third-order valence-corrected chi connectivity index (χ3v) is 3.24. The van der Waals surface area contributed by atoms with Crippen molar-refractivity contribution >= 4 is 17.4 Å². The van der Waals surface area contributed by atoms with Crippen molar-refractivity contribution in [3.63, 3.8) is 0 Å². The third kappa shape index (κ3) is 2.67. The number of fused-ring (bicyclic) bond motifs is 1. The summed E-state index contributed by atoms with van der Waals surface area (Å²) in [5.41, 5.74) is 4.38. The van der Waals surface area contributed by atoms with Crippen LogP contribution < -0.4 is 5.32 Å². The Balaban J connectivity index is 2.48. The second-order valence-electron chi connectivity index (χ2n) is 4.59. The summed E-state index contributed by atoms with van der Waals surface area (Å²) in [6, 6.07) is 3.81. The monoisotopic (exact) mass is 259 g/mol. The highest BCUT2D eigenvalue weighted by molar-refractivity contribution is 6.05. The van der Waals surface area contributed by atoms with Crippen LogP contribution in [-0.4, -0.2) is 25.0 Å². The van der Waals surface area contributed by atoms with E-state index in [1.54, 1.807) is 6.92 Å². The molecule has 19 heavy (non-hydrogen) atoms. The Labute approximate surface area is 112 Å². The lowest BCUT2D eigenvalue weighted by molar-refractivity contribution is -0.137. The molecule has 0 saturated heterocycles. The maximum absolute atomic E-state index is 11.9. The molecule has 1 aromatic rings. The summed E-state index contributed by atoms with van der Waals surface area (Å²) >= 11 is 0. The highest BCUT2D eigenvalue weighted by Crippen LogP contribution is 2.26.